The predicted octanol–water partition coefficient (Wildman–Crippen LogP) is 1.37. The quantitative estimate of drug-likeness (QED) is 0.629. The molecule has 17 heavy (non-hydrogen) atoms. The number of phenolic OH excluding ortho intramolecular Hbond substituents is 2. The monoisotopic (exact) mass is 234 g/mol. The Morgan fingerprint density at radius 2 is 1.76 bits per heavy atom. The van der Waals surface area contributed by atoms with Gasteiger partial charge in [0, 0.05) is 5.56 Å². The molecule has 5 heteroatoms. The van der Waals surface area contributed by atoms with Crippen LogP contribution in [0, 0.1) is 0 Å². The summed E-state index contributed by atoms with van der Waals surface area (Å²) in [6.07, 6.45) is -1.83. The molecule has 88 valence electrons. The number of hydrogen-bond donors (Lipinski definition) is 4. The summed E-state index contributed by atoms with van der Waals surface area (Å²) in [6, 6.07) is 7.19. The van der Waals surface area contributed by atoms with Gasteiger partial charge in [-0.15, -0.1) is 0 Å². The minimum atomic E-state index is -1.83. The fraction of sp³-hybridized carbons (Fsp3) is 0.0833. The van der Waals surface area contributed by atoms with Gasteiger partial charge in [-0.05, 0) is 29.0 Å². The Balaban J connectivity index is 2.79. The SMILES string of the molecule is O=C(O)C(O)c1c(O)ccc2ccc(O)cc12. The van der Waals surface area contributed by atoms with Crippen molar-refractivity contribution in [3.8, 4) is 11.5 Å². The number of aromatic hydroxyl groups is 2. The molecule has 0 aliphatic rings. The van der Waals surface area contributed by atoms with E-state index in [2.05, 4.69) is 0 Å². The second kappa shape index (κ2) is 3.95. The van der Waals surface area contributed by atoms with Crippen LogP contribution >= 0.6 is 0 Å². The largest absolute Gasteiger partial charge is 0.508 e. The van der Waals surface area contributed by atoms with E-state index >= 15 is 0 Å². The third-order valence-corrected chi connectivity index (χ3v) is 2.53. The highest BCUT2D eigenvalue weighted by Crippen LogP contribution is 2.34. The first-order valence-electron chi connectivity index (χ1n) is 4.86. The first-order chi connectivity index (χ1) is 8.00. The Bertz CT molecular complexity index is 585. The highest BCUT2D eigenvalue weighted by atomic mass is 16.4. The first-order valence-corrected chi connectivity index (χ1v) is 4.86. The van der Waals surface area contributed by atoms with Gasteiger partial charge in [0.05, 0.1) is 0 Å². The Kier molecular flexibility index (Phi) is 2.61. The van der Waals surface area contributed by atoms with Gasteiger partial charge in [-0.3, -0.25) is 0 Å². The zero-order chi connectivity index (χ0) is 12.6. The van der Waals surface area contributed by atoms with E-state index in [0.29, 0.717) is 10.8 Å². The van der Waals surface area contributed by atoms with Crippen LogP contribution in [0.25, 0.3) is 10.8 Å². The molecule has 0 aliphatic carbocycles. The number of aliphatic hydroxyl groups is 1. The number of aliphatic carboxylic acids is 1. The summed E-state index contributed by atoms with van der Waals surface area (Å²) in [5, 5.41) is 38.2. The van der Waals surface area contributed by atoms with Crippen molar-refractivity contribution in [2.45, 2.75) is 6.10 Å². The van der Waals surface area contributed by atoms with E-state index in [-0.39, 0.29) is 17.1 Å². The molecule has 0 radical (unpaired) electrons. The summed E-state index contributed by atoms with van der Waals surface area (Å²) in [5.41, 5.74) is -0.120. The van der Waals surface area contributed by atoms with Gasteiger partial charge in [0.15, 0.2) is 6.10 Å². The van der Waals surface area contributed by atoms with Gasteiger partial charge in [-0.1, -0.05) is 12.1 Å². The fourth-order valence-corrected chi connectivity index (χ4v) is 1.73. The van der Waals surface area contributed by atoms with Crippen molar-refractivity contribution in [2.75, 3.05) is 0 Å². The zero-order valence-corrected chi connectivity index (χ0v) is 8.66. The highest BCUT2D eigenvalue weighted by Gasteiger charge is 2.22. The number of aliphatic hydroxyl groups excluding tert-OH is 1. The van der Waals surface area contributed by atoms with Crippen LogP contribution < -0.4 is 0 Å². The Morgan fingerprint density at radius 3 is 2.41 bits per heavy atom. The Morgan fingerprint density at radius 1 is 1.12 bits per heavy atom. The molecule has 2 aromatic rings. The van der Waals surface area contributed by atoms with Crippen molar-refractivity contribution in [1.29, 1.82) is 0 Å². The molecule has 0 spiro atoms. The molecule has 0 fully saturated rings. The lowest BCUT2D eigenvalue weighted by atomic mass is 9.99. The minimum Gasteiger partial charge on any atom is -0.508 e. The molecule has 0 saturated carbocycles. The fourth-order valence-electron chi connectivity index (χ4n) is 1.73. The van der Waals surface area contributed by atoms with E-state index in [1.54, 1.807) is 12.1 Å². The number of rotatable bonds is 2. The van der Waals surface area contributed by atoms with Crippen LogP contribution in [0.3, 0.4) is 0 Å². The molecule has 4 N–H and O–H groups in total. The lowest BCUT2D eigenvalue weighted by Crippen LogP contribution is -2.11. The number of fused-ring (bicyclic) bond motifs is 1. The van der Waals surface area contributed by atoms with Gasteiger partial charge in [0.1, 0.15) is 11.5 Å². The smallest absolute Gasteiger partial charge is 0.337 e. The summed E-state index contributed by atoms with van der Waals surface area (Å²) in [6.45, 7) is 0. The van der Waals surface area contributed by atoms with E-state index in [1.807, 2.05) is 0 Å². The zero-order valence-electron chi connectivity index (χ0n) is 8.66. The maximum Gasteiger partial charge on any atom is 0.337 e. The van der Waals surface area contributed by atoms with Crippen LogP contribution in [-0.4, -0.2) is 26.4 Å². The first kappa shape index (κ1) is 11.2. The van der Waals surface area contributed by atoms with E-state index in [9.17, 15) is 20.1 Å². The third kappa shape index (κ3) is 1.88. The molecule has 5 nitrogen and oxygen atoms in total. The second-order valence-electron chi connectivity index (χ2n) is 3.64. The summed E-state index contributed by atoms with van der Waals surface area (Å²) < 4.78 is 0. The molecule has 0 saturated heterocycles. The lowest BCUT2D eigenvalue weighted by Gasteiger charge is -2.12. The number of phenols is 2. The molecule has 1 unspecified atom stereocenters. The van der Waals surface area contributed by atoms with Gasteiger partial charge in [-0.25, -0.2) is 4.79 Å². The second-order valence-corrected chi connectivity index (χ2v) is 3.64. The van der Waals surface area contributed by atoms with Crippen molar-refractivity contribution in [3.63, 3.8) is 0 Å². The number of carbonyl (C=O) groups is 1. The Hall–Kier alpha value is -2.27. The summed E-state index contributed by atoms with van der Waals surface area (Å²) >= 11 is 0. The molecule has 2 aromatic carbocycles. The van der Waals surface area contributed by atoms with Crippen LogP contribution in [0.4, 0.5) is 0 Å². The number of carboxylic acids is 1. The normalized spacial score (nSPS) is 12.5. The van der Waals surface area contributed by atoms with Gasteiger partial charge in [0.25, 0.3) is 0 Å². The van der Waals surface area contributed by atoms with Crippen molar-refractivity contribution in [1.82, 2.24) is 0 Å². The van der Waals surface area contributed by atoms with Crippen molar-refractivity contribution < 1.29 is 25.2 Å². The lowest BCUT2D eigenvalue weighted by molar-refractivity contribution is -0.146. The molecular weight excluding hydrogens is 224 g/mol. The van der Waals surface area contributed by atoms with E-state index in [0.717, 1.165) is 0 Å². The number of benzene rings is 2. The van der Waals surface area contributed by atoms with E-state index in [4.69, 9.17) is 5.11 Å². The van der Waals surface area contributed by atoms with Gasteiger partial charge >= 0.3 is 5.97 Å². The topological polar surface area (TPSA) is 98.0 Å². The van der Waals surface area contributed by atoms with E-state index in [1.165, 1.54) is 18.2 Å². The number of hydrogen-bond acceptors (Lipinski definition) is 4. The average Bonchev–Trinajstić information content (AvgIpc) is 2.27. The molecule has 0 amide bonds. The van der Waals surface area contributed by atoms with Gasteiger partial charge < -0.3 is 20.4 Å². The molecule has 0 bridgehead atoms. The van der Waals surface area contributed by atoms with Crippen molar-refractivity contribution in [2.24, 2.45) is 0 Å². The average molecular weight is 234 g/mol. The van der Waals surface area contributed by atoms with Gasteiger partial charge in [0.2, 0.25) is 0 Å². The molecule has 1 atom stereocenters. The molecule has 0 aromatic heterocycles. The van der Waals surface area contributed by atoms with E-state index < -0.39 is 12.1 Å². The predicted molar refractivity (Wildman–Crippen MR) is 59.9 cm³/mol. The van der Waals surface area contributed by atoms with Crippen LogP contribution in [0.15, 0.2) is 30.3 Å². The third-order valence-electron chi connectivity index (χ3n) is 2.53. The molecule has 0 heterocycles. The Labute approximate surface area is 96.2 Å². The molecule has 2 rings (SSSR count). The van der Waals surface area contributed by atoms with Gasteiger partial charge in [-0.2, -0.15) is 0 Å². The van der Waals surface area contributed by atoms with Crippen molar-refractivity contribution in [3.05, 3.63) is 35.9 Å². The highest BCUT2D eigenvalue weighted by molar-refractivity contribution is 5.92. The van der Waals surface area contributed by atoms with Crippen LogP contribution in [0.5, 0.6) is 11.5 Å². The maximum absolute atomic E-state index is 10.8. The summed E-state index contributed by atoms with van der Waals surface area (Å²) in [4.78, 5) is 10.8. The maximum atomic E-state index is 10.8. The summed E-state index contributed by atoms with van der Waals surface area (Å²) in [5.74, 6) is -1.85. The summed E-state index contributed by atoms with van der Waals surface area (Å²) in [7, 11) is 0. The molecule has 0 aliphatic heterocycles. The minimum absolute atomic E-state index is 0.0676. The molecular formula is C12H10O5. The van der Waals surface area contributed by atoms with Crippen LogP contribution in [-0.2, 0) is 4.79 Å². The van der Waals surface area contributed by atoms with Crippen LogP contribution in [0.2, 0.25) is 0 Å². The number of carboxylic acid groups (broad SMARTS) is 1. The van der Waals surface area contributed by atoms with Crippen molar-refractivity contribution >= 4 is 16.7 Å². The standard InChI is InChI=1S/C12H10O5/c13-7-3-1-6-2-4-9(14)10(8(6)5-7)11(15)12(16)17/h1-5,11,13-15H,(H,16,17). The van der Waals surface area contributed by atoms with Crippen LogP contribution in [0.1, 0.15) is 11.7 Å².